The van der Waals surface area contributed by atoms with E-state index in [2.05, 4.69) is 10.3 Å². The molecule has 1 N–H and O–H groups in total. The van der Waals surface area contributed by atoms with Crippen LogP contribution in [0.3, 0.4) is 0 Å². The smallest absolute Gasteiger partial charge is 0.251 e. The van der Waals surface area contributed by atoms with Crippen LogP contribution in [0.2, 0.25) is 0 Å². The number of nitrogens with one attached hydrogen (secondary N) is 1. The number of carbonyl (C=O) groups is 1. The van der Waals surface area contributed by atoms with E-state index in [1.165, 1.54) is 6.07 Å². The van der Waals surface area contributed by atoms with Crippen LogP contribution in [0, 0.1) is 6.92 Å². The summed E-state index contributed by atoms with van der Waals surface area (Å²) < 4.78 is 25.6. The van der Waals surface area contributed by atoms with Crippen molar-refractivity contribution in [3.05, 3.63) is 47.5 Å². The summed E-state index contributed by atoms with van der Waals surface area (Å²) in [6, 6.07) is 4.79. The average Bonchev–Trinajstić information content (AvgIpc) is 2.94. The number of imidazole rings is 1. The predicted molar refractivity (Wildman–Crippen MR) is 86.1 cm³/mol. The molecule has 2 aromatic rings. The largest absolute Gasteiger partial charge is 0.347 e. The molecule has 0 unspecified atom stereocenters. The second-order valence-electron chi connectivity index (χ2n) is 5.96. The standard InChI is InChI=1S/C16H19N3O3S/c1-11-3-4-12(9-14(11)23(2,21)22)16(20)18-13-5-6-15-17-7-8-19(15)10-13/h3-4,7-9,13H,5-6,10H2,1-2H3,(H,18,20)/t13-/m0/s1. The topological polar surface area (TPSA) is 81.1 Å². The van der Waals surface area contributed by atoms with Crippen molar-refractivity contribution in [3.8, 4) is 0 Å². The van der Waals surface area contributed by atoms with Gasteiger partial charge >= 0.3 is 0 Å². The van der Waals surface area contributed by atoms with Gasteiger partial charge in [-0.05, 0) is 31.0 Å². The number of amides is 1. The van der Waals surface area contributed by atoms with Crippen LogP contribution in [0.15, 0.2) is 35.5 Å². The molecule has 6 nitrogen and oxygen atoms in total. The fourth-order valence-corrected chi connectivity index (χ4v) is 3.89. The molecule has 0 aliphatic carbocycles. The van der Waals surface area contributed by atoms with Gasteiger partial charge in [0.1, 0.15) is 5.82 Å². The van der Waals surface area contributed by atoms with Crippen molar-refractivity contribution in [2.45, 2.75) is 37.2 Å². The predicted octanol–water partition coefficient (Wildman–Crippen LogP) is 1.34. The molecular formula is C16H19N3O3S. The van der Waals surface area contributed by atoms with Crippen LogP contribution in [0.1, 0.15) is 28.2 Å². The molecule has 1 atom stereocenters. The molecule has 0 spiro atoms. The number of benzene rings is 1. The van der Waals surface area contributed by atoms with Gasteiger partial charge in [-0.3, -0.25) is 4.79 Å². The molecule has 7 heteroatoms. The van der Waals surface area contributed by atoms with Crippen molar-refractivity contribution in [1.29, 1.82) is 0 Å². The summed E-state index contributed by atoms with van der Waals surface area (Å²) in [5, 5.41) is 2.98. The quantitative estimate of drug-likeness (QED) is 0.919. The Hall–Kier alpha value is -2.15. The molecule has 0 saturated carbocycles. The molecule has 23 heavy (non-hydrogen) atoms. The number of fused-ring (bicyclic) bond motifs is 1. The minimum Gasteiger partial charge on any atom is -0.347 e. The lowest BCUT2D eigenvalue weighted by Gasteiger charge is -2.24. The van der Waals surface area contributed by atoms with Gasteiger partial charge in [-0.2, -0.15) is 0 Å². The molecule has 3 rings (SSSR count). The molecule has 0 radical (unpaired) electrons. The fourth-order valence-electron chi connectivity index (χ4n) is 2.89. The Morgan fingerprint density at radius 3 is 2.91 bits per heavy atom. The summed E-state index contributed by atoms with van der Waals surface area (Å²) in [6.45, 7) is 2.41. The van der Waals surface area contributed by atoms with E-state index in [0.717, 1.165) is 24.9 Å². The monoisotopic (exact) mass is 333 g/mol. The van der Waals surface area contributed by atoms with Crippen molar-refractivity contribution in [1.82, 2.24) is 14.9 Å². The Morgan fingerprint density at radius 1 is 1.39 bits per heavy atom. The lowest BCUT2D eigenvalue weighted by Crippen LogP contribution is -2.40. The second-order valence-corrected chi connectivity index (χ2v) is 7.94. The number of aryl methyl sites for hydroxylation is 2. The summed E-state index contributed by atoms with van der Waals surface area (Å²) >= 11 is 0. The maximum absolute atomic E-state index is 12.4. The highest BCUT2D eigenvalue weighted by Crippen LogP contribution is 2.18. The highest BCUT2D eigenvalue weighted by atomic mass is 32.2. The van der Waals surface area contributed by atoms with E-state index >= 15 is 0 Å². The highest BCUT2D eigenvalue weighted by molar-refractivity contribution is 7.90. The first kappa shape index (κ1) is 15.7. The molecule has 1 aromatic carbocycles. The number of rotatable bonds is 3. The van der Waals surface area contributed by atoms with Crippen molar-refractivity contribution >= 4 is 15.7 Å². The van der Waals surface area contributed by atoms with E-state index in [1.54, 1.807) is 25.3 Å². The zero-order valence-electron chi connectivity index (χ0n) is 13.1. The van der Waals surface area contributed by atoms with Crippen LogP contribution in [0.25, 0.3) is 0 Å². The van der Waals surface area contributed by atoms with Gasteiger partial charge in [-0.25, -0.2) is 13.4 Å². The summed E-state index contributed by atoms with van der Waals surface area (Å²) in [7, 11) is -3.35. The molecular weight excluding hydrogens is 314 g/mol. The highest BCUT2D eigenvalue weighted by Gasteiger charge is 2.21. The number of sulfone groups is 1. The first-order valence-electron chi connectivity index (χ1n) is 7.46. The van der Waals surface area contributed by atoms with Crippen molar-refractivity contribution in [3.63, 3.8) is 0 Å². The van der Waals surface area contributed by atoms with Gasteiger partial charge in [0.05, 0.1) is 4.90 Å². The Kier molecular flexibility index (Phi) is 3.97. The fraction of sp³-hybridized carbons (Fsp3) is 0.375. The van der Waals surface area contributed by atoms with Gasteiger partial charge in [0.2, 0.25) is 0 Å². The Labute approximate surface area is 135 Å². The van der Waals surface area contributed by atoms with Crippen molar-refractivity contribution in [2.24, 2.45) is 0 Å². The van der Waals surface area contributed by atoms with Gasteiger partial charge in [-0.1, -0.05) is 6.07 Å². The van der Waals surface area contributed by atoms with Crippen molar-refractivity contribution in [2.75, 3.05) is 6.26 Å². The number of hydrogen-bond donors (Lipinski definition) is 1. The normalized spacial score (nSPS) is 17.6. The number of hydrogen-bond acceptors (Lipinski definition) is 4. The van der Waals surface area contributed by atoms with Crippen molar-refractivity contribution < 1.29 is 13.2 Å². The molecule has 1 aliphatic rings. The number of aromatic nitrogens is 2. The van der Waals surface area contributed by atoms with Gasteiger partial charge in [0.25, 0.3) is 5.91 Å². The lowest BCUT2D eigenvalue weighted by atomic mass is 10.1. The van der Waals surface area contributed by atoms with Crippen LogP contribution in [-0.4, -0.2) is 36.2 Å². The van der Waals surface area contributed by atoms with E-state index < -0.39 is 9.84 Å². The summed E-state index contributed by atoms with van der Waals surface area (Å²) in [5.41, 5.74) is 1.01. The summed E-state index contributed by atoms with van der Waals surface area (Å²) in [5.74, 6) is 0.786. The second kappa shape index (κ2) is 5.81. The maximum Gasteiger partial charge on any atom is 0.251 e. The Morgan fingerprint density at radius 2 is 2.17 bits per heavy atom. The zero-order valence-corrected chi connectivity index (χ0v) is 13.9. The Balaban J connectivity index is 1.77. The van der Waals surface area contributed by atoms with E-state index in [0.29, 0.717) is 17.7 Å². The van der Waals surface area contributed by atoms with Gasteiger partial charge in [-0.15, -0.1) is 0 Å². The van der Waals surface area contributed by atoms with Crippen LogP contribution in [0.4, 0.5) is 0 Å². The van der Waals surface area contributed by atoms with Gasteiger partial charge in [0, 0.05) is 43.2 Å². The molecule has 0 bridgehead atoms. The van der Waals surface area contributed by atoms with Crippen LogP contribution in [0.5, 0.6) is 0 Å². The molecule has 122 valence electrons. The molecule has 2 heterocycles. The van der Waals surface area contributed by atoms with E-state index in [1.807, 2.05) is 10.8 Å². The minimum absolute atomic E-state index is 0.0205. The van der Waals surface area contributed by atoms with Crippen LogP contribution in [-0.2, 0) is 22.8 Å². The molecule has 0 saturated heterocycles. The average molecular weight is 333 g/mol. The first-order chi connectivity index (χ1) is 10.8. The Bertz CT molecular complexity index is 855. The van der Waals surface area contributed by atoms with Crippen LogP contribution >= 0.6 is 0 Å². The molecule has 1 aromatic heterocycles. The summed E-state index contributed by atoms with van der Waals surface area (Å²) in [6.07, 6.45) is 6.46. The molecule has 0 fully saturated rings. The summed E-state index contributed by atoms with van der Waals surface area (Å²) in [4.78, 5) is 16.9. The lowest BCUT2D eigenvalue weighted by molar-refractivity contribution is 0.0927. The van der Waals surface area contributed by atoms with Gasteiger partial charge in [0.15, 0.2) is 9.84 Å². The maximum atomic E-state index is 12.4. The number of nitrogens with zero attached hydrogens (tertiary/aromatic N) is 2. The van der Waals surface area contributed by atoms with E-state index in [9.17, 15) is 13.2 Å². The molecule has 1 amide bonds. The third-order valence-corrected chi connectivity index (χ3v) is 5.36. The third-order valence-electron chi connectivity index (χ3n) is 4.12. The number of carbonyl (C=O) groups excluding carboxylic acids is 1. The van der Waals surface area contributed by atoms with E-state index in [4.69, 9.17) is 0 Å². The molecule has 1 aliphatic heterocycles. The zero-order chi connectivity index (χ0) is 16.6. The minimum atomic E-state index is -3.35. The SMILES string of the molecule is Cc1ccc(C(=O)N[C@H]2CCc3nccn3C2)cc1S(C)(=O)=O. The first-order valence-corrected chi connectivity index (χ1v) is 9.35. The van der Waals surface area contributed by atoms with Gasteiger partial charge < -0.3 is 9.88 Å². The third kappa shape index (κ3) is 3.29. The van der Waals surface area contributed by atoms with E-state index in [-0.39, 0.29) is 16.8 Å². The van der Waals surface area contributed by atoms with Crippen LogP contribution < -0.4 is 5.32 Å².